The molecule has 20 heavy (non-hydrogen) atoms. The Bertz CT molecular complexity index is 320. The lowest BCUT2D eigenvalue weighted by Crippen LogP contribution is -2.51. The van der Waals surface area contributed by atoms with Crippen LogP contribution in [-0.4, -0.2) is 48.9 Å². The molecule has 0 radical (unpaired) electrons. The molecule has 0 amide bonds. The minimum absolute atomic E-state index is 0.0915. The van der Waals surface area contributed by atoms with Gasteiger partial charge >= 0.3 is 5.97 Å². The molecular formula is C15H27NO3S. The zero-order valence-electron chi connectivity index (χ0n) is 12.7. The van der Waals surface area contributed by atoms with Crippen molar-refractivity contribution in [3.63, 3.8) is 0 Å². The molecule has 3 atom stereocenters. The predicted octanol–water partition coefficient (Wildman–Crippen LogP) is 2.36. The first kappa shape index (κ1) is 16.1. The van der Waals surface area contributed by atoms with E-state index in [1.807, 2.05) is 11.8 Å². The van der Waals surface area contributed by atoms with E-state index in [2.05, 4.69) is 12.2 Å². The van der Waals surface area contributed by atoms with Crippen LogP contribution in [-0.2, 0) is 14.3 Å². The standard InChI is InChI=1S/C15H27NO3S/c1-3-8-16-15(14(17)18-2)7-6-13(10-15)20-11-12-5-4-9-19-12/h12-13,16H,3-11H2,1-2H3. The fraction of sp³-hybridized carbons (Fsp3) is 0.933. The van der Waals surface area contributed by atoms with E-state index < -0.39 is 5.54 Å². The van der Waals surface area contributed by atoms with E-state index in [0.29, 0.717) is 11.4 Å². The molecule has 2 fully saturated rings. The maximum absolute atomic E-state index is 12.1. The van der Waals surface area contributed by atoms with Crippen molar-refractivity contribution in [3.8, 4) is 0 Å². The minimum atomic E-state index is -0.445. The average Bonchev–Trinajstić information content (AvgIpc) is 3.12. The Balaban J connectivity index is 1.84. The maximum Gasteiger partial charge on any atom is 0.326 e. The van der Waals surface area contributed by atoms with Crippen molar-refractivity contribution < 1.29 is 14.3 Å². The first-order valence-corrected chi connectivity index (χ1v) is 8.81. The summed E-state index contributed by atoms with van der Waals surface area (Å²) in [6.45, 7) is 3.91. The summed E-state index contributed by atoms with van der Waals surface area (Å²) in [4.78, 5) is 12.1. The maximum atomic E-state index is 12.1. The number of methoxy groups -OCH3 is 1. The van der Waals surface area contributed by atoms with E-state index >= 15 is 0 Å². The number of hydrogen-bond donors (Lipinski definition) is 1. The first-order valence-electron chi connectivity index (χ1n) is 7.77. The van der Waals surface area contributed by atoms with Crippen LogP contribution in [0.25, 0.3) is 0 Å². The van der Waals surface area contributed by atoms with Crippen LogP contribution >= 0.6 is 11.8 Å². The van der Waals surface area contributed by atoms with Gasteiger partial charge in [0.2, 0.25) is 0 Å². The molecule has 1 aliphatic carbocycles. The molecule has 2 rings (SSSR count). The molecule has 0 aromatic rings. The quantitative estimate of drug-likeness (QED) is 0.732. The highest BCUT2D eigenvalue weighted by molar-refractivity contribution is 7.99. The third-order valence-corrected chi connectivity index (χ3v) is 5.74. The van der Waals surface area contributed by atoms with E-state index in [0.717, 1.165) is 44.6 Å². The van der Waals surface area contributed by atoms with E-state index in [1.165, 1.54) is 20.0 Å². The van der Waals surface area contributed by atoms with Gasteiger partial charge in [-0.15, -0.1) is 0 Å². The zero-order chi connectivity index (χ0) is 14.4. The van der Waals surface area contributed by atoms with Crippen LogP contribution in [0.5, 0.6) is 0 Å². The van der Waals surface area contributed by atoms with Gasteiger partial charge in [0.05, 0.1) is 13.2 Å². The van der Waals surface area contributed by atoms with E-state index in [-0.39, 0.29) is 5.97 Å². The molecule has 0 aromatic carbocycles. The number of esters is 1. The Hall–Kier alpha value is -0.260. The lowest BCUT2D eigenvalue weighted by Gasteiger charge is -2.27. The summed E-state index contributed by atoms with van der Waals surface area (Å²) in [6.07, 6.45) is 6.71. The highest BCUT2D eigenvalue weighted by atomic mass is 32.2. The Morgan fingerprint density at radius 1 is 1.50 bits per heavy atom. The predicted molar refractivity (Wildman–Crippen MR) is 82.1 cm³/mol. The molecule has 116 valence electrons. The Labute approximate surface area is 126 Å². The molecule has 5 heteroatoms. The molecular weight excluding hydrogens is 274 g/mol. The van der Waals surface area contributed by atoms with Crippen LogP contribution in [0.2, 0.25) is 0 Å². The van der Waals surface area contributed by atoms with E-state index in [9.17, 15) is 4.79 Å². The number of nitrogens with one attached hydrogen (secondary N) is 1. The number of rotatable bonds is 7. The van der Waals surface area contributed by atoms with Crippen LogP contribution in [0, 0.1) is 0 Å². The van der Waals surface area contributed by atoms with Gasteiger partial charge in [-0.25, -0.2) is 0 Å². The van der Waals surface area contributed by atoms with Crippen LogP contribution in [0.15, 0.2) is 0 Å². The first-order chi connectivity index (χ1) is 9.70. The van der Waals surface area contributed by atoms with Crippen molar-refractivity contribution in [2.24, 2.45) is 0 Å². The molecule has 1 aliphatic heterocycles. The Morgan fingerprint density at radius 2 is 2.35 bits per heavy atom. The van der Waals surface area contributed by atoms with Crippen molar-refractivity contribution in [2.75, 3.05) is 26.0 Å². The molecule has 1 N–H and O–H groups in total. The van der Waals surface area contributed by atoms with Gasteiger partial charge in [-0.3, -0.25) is 4.79 Å². The summed E-state index contributed by atoms with van der Waals surface area (Å²) in [5.41, 5.74) is -0.445. The number of hydrogen-bond acceptors (Lipinski definition) is 5. The monoisotopic (exact) mass is 301 g/mol. The summed E-state index contributed by atoms with van der Waals surface area (Å²) in [5.74, 6) is 0.974. The molecule has 1 saturated heterocycles. The summed E-state index contributed by atoms with van der Waals surface area (Å²) in [5, 5.41) is 3.98. The second kappa shape index (κ2) is 7.66. The molecule has 1 saturated carbocycles. The van der Waals surface area contributed by atoms with Crippen LogP contribution in [0.1, 0.15) is 45.4 Å². The number of ether oxygens (including phenoxy) is 2. The third kappa shape index (κ3) is 3.89. The Kier molecular flexibility index (Phi) is 6.18. The molecule has 0 spiro atoms. The Morgan fingerprint density at radius 3 is 3.00 bits per heavy atom. The largest absolute Gasteiger partial charge is 0.468 e. The lowest BCUT2D eigenvalue weighted by molar-refractivity contribution is -0.148. The SMILES string of the molecule is CCCNC1(C(=O)OC)CCC(SCC2CCCO2)C1. The zero-order valence-corrected chi connectivity index (χ0v) is 13.5. The minimum Gasteiger partial charge on any atom is -0.468 e. The normalized spacial score (nSPS) is 33.5. The summed E-state index contributed by atoms with van der Waals surface area (Å²) in [6, 6.07) is 0. The van der Waals surface area contributed by atoms with Crippen molar-refractivity contribution in [2.45, 2.75) is 62.3 Å². The van der Waals surface area contributed by atoms with Crippen molar-refractivity contribution in [3.05, 3.63) is 0 Å². The van der Waals surface area contributed by atoms with Crippen molar-refractivity contribution in [1.29, 1.82) is 0 Å². The molecule has 1 heterocycles. The van der Waals surface area contributed by atoms with Gasteiger partial charge in [0.15, 0.2) is 0 Å². The second-order valence-corrected chi connectivity index (χ2v) is 7.17. The topological polar surface area (TPSA) is 47.6 Å². The van der Waals surface area contributed by atoms with Crippen LogP contribution in [0.4, 0.5) is 0 Å². The van der Waals surface area contributed by atoms with Gasteiger partial charge in [-0.1, -0.05) is 6.92 Å². The fourth-order valence-electron chi connectivity index (χ4n) is 3.14. The smallest absolute Gasteiger partial charge is 0.326 e. The average molecular weight is 301 g/mol. The van der Waals surface area contributed by atoms with Gasteiger partial charge in [0, 0.05) is 17.6 Å². The lowest BCUT2D eigenvalue weighted by atomic mass is 9.97. The molecule has 0 bridgehead atoms. The third-order valence-electron chi connectivity index (χ3n) is 4.30. The molecule has 3 unspecified atom stereocenters. The van der Waals surface area contributed by atoms with Gasteiger partial charge in [-0.2, -0.15) is 11.8 Å². The number of carbonyl (C=O) groups is 1. The summed E-state index contributed by atoms with van der Waals surface area (Å²) < 4.78 is 10.7. The molecule has 0 aromatic heterocycles. The highest BCUT2D eigenvalue weighted by Gasteiger charge is 2.46. The molecule has 2 aliphatic rings. The second-order valence-electron chi connectivity index (χ2n) is 5.83. The van der Waals surface area contributed by atoms with Gasteiger partial charge in [-0.05, 0) is 45.1 Å². The van der Waals surface area contributed by atoms with Gasteiger partial charge in [0.25, 0.3) is 0 Å². The van der Waals surface area contributed by atoms with Crippen LogP contribution in [0.3, 0.4) is 0 Å². The van der Waals surface area contributed by atoms with Gasteiger partial charge in [0.1, 0.15) is 5.54 Å². The number of carbonyl (C=O) groups excluding carboxylic acids is 1. The van der Waals surface area contributed by atoms with Crippen molar-refractivity contribution >= 4 is 17.7 Å². The summed E-state index contributed by atoms with van der Waals surface area (Å²) in [7, 11) is 1.49. The fourth-order valence-corrected chi connectivity index (χ4v) is 4.58. The van der Waals surface area contributed by atoms with E-state index in [4.69, 9.17) is 9.47 Å². The van der Waals surface area contributed by atoms with Crippen molar-refractivity contribution in [1.82, 2.24) is 5.32 Å². The van der Waals surface area contributed by atoms with E-state index in [1.54, 1.807) is 0 Å². The highest BCUT2D eigenvalue weighted by Crippen LogP contribution is 2.38. The number of thioether (sulfide) groups is 1. The molecule has 4 nitrogen and oxygen atoms in total. The summed E-state index contributed by atoms with van der Waals surface area (Å²) >= 11 is 1.97. The van der Waals surface area contributed by atoms with Crippen LogP contribution < -0.4 is 5.32 Å². The van der Waals surface area contributed by atoms with Gasteiger partial charge < -0.3 is 14.8 Å².